The molecule has 126 valence electrons. The van der Waals surface area contributed by atoms with Gasteiger partial charge in [-0.3, -0.25) is 14.5 Å². The lowest BCUT2D eigenvalue weighted by Crippen LogP contribution is -2.50. The second-order valence-electron chi connectivity index (χ2n) is 5.94. The van der Waals surface area contributed by atoms with Crippen molar-refractivity contribution >= 4 is 11.9 Å². The molecule has 0 radical (unpaired) electrons. The summed E-state index contributed by atoms with van der Waals surface area (Å²) in [5.41, 5.74) is 0.979. The molecule has 0 bridgehead atoms. The minimum absolute atomic E-state index is 0.0499. The first-order valence-corrected chi connectivity index (χ1v) is 8.05. The van der Waals surface area contributed by atoms with E-state index in [1.165, 1.54) is 0 Å². The van der Waals surface area contributed by atoms with Gasteiger partial charge in [0.2, 0.25) is 5.91 Å². The normalized spacial score (nSPS) is 17.6. The zero-order valence-corrected chi connectivity index (χ0v) is 13.6. The number of piperazine rings is 1. The lowest BCUT2D eigenvalue weighted by molar-refractivity contribution is -0.137. The Kier molecular flexibility index (Phi) is 6.55. The number of hydrogen-bond donors (Lipinski definition) is 2. The maximum absolute atomic E-state index is 12.7. The second kappa shape index (κ2) is 8.64. The van der Waals surface area contributed by atoms with E-state index in [1.807, 2.05) is 30.3 Å². The Morgan fingerprint density at radius 1 is 1.17 bits per heavy atom. The van der Waals surface area contributed by atoms with Crippen LogP contribution in [0, 0.1) is 0 Å². The molecule has 1 saturated heterocycles. The summed E-state index contributed by atoms with van der Waals surface area (Å²) in [7, 11) is 2.08. The molecule has 1 heterocycles. The van der Waals surface area contributed by atoms with Crippen LogP contribution in [0.2, 0.25) is 0 Å². The highest BCUT2D eigenvalue weighted by molar-refractivity contribution is 5.83. The maximum Gasteiger partial charge on any atom is 0.303 e. The van der Waals surface area contributed by atoms with Crippen LogP contribution in [0.15, 0.2) is 30.3 Å². The van der Waals surface area contributed by atoms with Gasteiger partial charge in [0, 0.05) is 39.1 Å². The van der Waals surface area contributed by atoms with Gasteiger partial charge in [0.05, 0.1) is 0 Å². The van der Waals surface area contributed by atoms with Crippen molar-refractivity contribution in [3.63, 3.8) is 0 Å². The highest BCUT2D eigenvalue weighted by Crippen LogP contribution is 2.22. The molecule has 6 nitrogen and oxygen atoms in total. The molecule has 0 aromatic heterocycles. The SMILES string of the molecule is CN1CCN(C(C(=O)NCCCC(=O)O)c2ccccc2)CC1. The molecular weight excluding hydrogens is 294 g/mol. The molecule has 1 aliphatic heterocycles. The van der Waals surface area contributed by atoms with Crippen LogP contribution in [-0.4, -0.2) is 66.6 Å². The topological polar surface area (TPSA) is 72.9 Å². The van der Waals surface area contributed by atoms with E-state index in [4.69, 9.17) is 5.11 Å². The van der Waals surface area contributed by atoms with Crippen molar-refractivity contribution in [3.8, 4) is 0 Å². The van der Waals surface area contributed by atoms with Crippen molar-refractivity contribution in [2.24, 2.45) is 0 Å². The summed E-state index contributed by atoms with van der Waals surface area (Å²) in [5.74, 6) is -0.885. The second-order valence-corrected chi connectivity index (χ2v) is 5.94. The number of benzene rings is 1. The third-order valence-electron chi connectivity index (χ3n) is 4.13. The zero-order valence-electron chi connectivity index (χ0n) is 13.6. The minimum Gasteiger partial charge on any atom is -0.481 e. The predicted molar refractivity (Wildman–Crippen MR) is 88.1 cm³/mol. The number of carboxylic acid groups (broad SMARTS) is 1. The molecule has 1 aliphatic rings. The molecule has 1 unspecified atom stereocenters. The van der Waals surface area contributed by atoms with Gasteiger partial charge in [-0.1, -0.05) is 30.3 Å². The molecule has 1 atom stereocenters. The Hall–Kier alpha value is -1.92. The van der Waals surface area contributed by atoms with Crippen molar-refractivity contribution in [3.05, 3.63) is 35.9 Å². The molecule has 1 fully saturated rings. The summed E-state index contributed by atoms with van der Waals surface area (Å²) in [4.78, 5) is 27.7. The quantitative estimate of drug-likeness (QED) is 0.732. The molecule has 1 aromatic rings. The van der Waals surface area contributed by atoms with Gasteiger partial charge in [0.1, 0.15) is 6.04 Å². The van der Waals surface area contributed by atoms with Crippen molar-refractivity contribution in [2.45, 2.75) is 18.9 Å². The minimum atomic E-state index is -0.835. The third kappa shape index (κ3) is 5.33. The van der Waals surface area contributed by atoms with E-state index in [2.05, 4.69) is 22.2 Å². The van der Waals surface area contributed by atoms with E-state index in [0.717, 1.165) is 31.7 Å². The number of carbonyl (C=O) groups is 2. The van der Waals surface area contributed by atoms with Crippen molar-refractivity contribution in [1.82, 2.24) is 15.1 Å². The van der Waals surface area contributed by atoms with Gasteiger partial charge in [-0.25, -0.2) is 0 Å². The Labute approximate surface area is 137 Å². The van der Waals surface area contributed by atoms with Crippen LogP contribution in [0.4, 0.5) is 0 Å². The number of carbonyl (C=O) groups excluding carboxylic acids is 1. The van der Waals surface area contributed by atoms with Crippen LogP contribution >= 0.6 is 0 Å². The summed E-state index contributed by atoms with van der Waals surface area (Å²) < 4.78 is 0. The Bertz CT molecular complexity index is 513. The largest absolute Gasteiger partial charge is 0.481 e. The average molecular weight is 319 g/mol. The van der Waals surface area contributed by atoms with Crippen LogP contribution in [0.3, 0.4) is 0 Å². The first-order valence-electron chi connectivity index (χ1n) is 8.05. The van der Waals surface area contributed by atoms with Crippen molar-refractivity contribution < 1.29 is 14.7 Å². The highest BCUT2D eigenvalue weighted by Gasteiger charge is 2.29. The molecule has 2 rings (SSSR count). The fourth-order valence-electron chi connectivity index (χ4n) is 2.79. The maximum atomic E-state index is 12.7. The van der Waals surface area contributed by atoms with E-state index in [0.29, 0.717) is 13.0 Å². The molecule has 1 amide bonds. The number of rotatable bonds is 7. The number of aliphatic carboxylic acids is 1. The van der Waals surface area contributed by atoms with Crippen LogP contribution in [0.25, 0.3) is 0 Å². The summed E-state index contributed by atoms with van der Waals surface area (Å²) >= 11 is 0. The molecule has 0 aliphatic carbocycles. The molecule has 6 heteroatoms. The van der Waals surface area contributed by atoms with Gasteiger partial charge in [-0.2, -0.15) is 0 Å². The first-order chi connectivity index (χ1) is 11.1. The monoisotopic (exact) mass is 319 g/mol. The van der Waals surface area contributed by atoms with E-state index >= 15 is 0 Å². The van der Waals surface area contributed by atoms with Gasteiger partial charge in [0.15, 0.2) is 0 Å². The summed E-state index contributed by atoms with van der Waals surface area (Å²) in [6, 6.07) is 9.45. The van der Waals surface area contributed by atoms with Gasteiger partial charge in [-0.15, -0.1) is 0 Å². The van der Waals surface area contributed by atoms with Crippen molar-refractivity contribution in [1.29, 1.82) is 0 Å². The van der Waals surface area contributed by atoms with Gasteiger partial charge in [0.25, 0.3) is 0 Å². The third-order valence-corrected chi connectivity index (χ3v) is 4.13. The fourth-order valence-corrected chi connectivity index (χ4v) is 2.79. The highest BCUT2D eigenvalue weighted by atomic mass is 16.4. The number of carboxylic acids is 1. The standard InChI is InChI=1S/C17H25N3O3/c1-19-10-12-20(13-11-19)16(14-6-3-2-4-7-14)17(23)18-9-5-8-15(21)22/h2-4,6-7,16H,5,8-13H2,1H3,(H,18,23)(H,21,22). The van der Waals surface area contributed by atoms with Gasteiger partial charge >= 0.3 is 5.97 Å². The van der Waals surface area contributed by atoms with Crippen molar-refractivity contribution in [2.75, 3.05) is 39.8 Å². The number of amides is 1. The smallest absolute Gasteiger partial charge is 0.303 e. The lowest BCUT2D eigenvalue weighted by Gasteiger charge is -2.37. The molecule has 0 saturated carbocycles. The molecule has 0 spiro atoms. The van der Waals surface area contributed by atoms with Crippen LogP contribution in [-0.2, 0) is 9.59 Å². The predicted octanol–water partition coefficient (Wildman–Crippen LogP) is 0.956. The summed E-state index contributed by atoms with van der Waals surface area (Å²) in [6.07, 6.45) is 0.524. The number of likely N-dealkylation sites (N-methyl/N-ethyl adjacent to an activating group) is 1. The van der Waals surface area contributed by atoms with E-state index < -0.39 is 5.97 Å². The Balaban J connectivity index is 2.01. The number of nitrogens with one attached hydrogen (secondary N) is 1. The van der Waals surface area contributed by atoms with Crippen LogP contribution in [0.5, 0.6) is 0 Å². The molecular formula is C17H25N3O3. The summed E-state index contributed by atoms with van der Waals surface area (Å²) in [6.45, 7) is 3.96. The number of nitrogens with zero attached hydrogens (tertiary/aromatic N) is 2. The molecule has 23 heavy (non-hydrogen) atoms. The Morgan fingerprint density at radius 3 is 2.43 bits per heavy atom. The van der Waals surface area contributed by atoms with E-state index in [1.54, 1.807) is 0 Å². The van der Waals surface area contributed by atoms with E-state index in [-0.39, 0.29) is 18.4 Å². The number of hydrogen-bond acceptors (Lipinski definition) is 4. The first kappa shape index (κ1) is 17.4. The average Bonchev–Trinajstić information content (AvgIpc) is 2.54. The Morgan fingerprint density at radius 2 is 1.83 bits per heavy atom. The fraction of sp³-hybridized carbons (Fsp3) is 0.529. The summed E-state index contributed by atoms with van der Waals surface area (Å²) in [5, 5.41) is 11.6. The van der Waals surface area contributed by atoms with Gasteiger partial charge in [-0.05, 0) is 19.0 Å². The molecule has 1 aromatic carbocycles. The van der Waals surface area contributed by atoms with Gasteiger partial charge < -0.3 is 15.3 Å². The molecule has 2 N–H and O–H groups in total. The van der Waals surface area contributed by atoms with Crippen LogP contribution in [0.1, 0.15) is 24.4 Å². The van der Waals surface area contributed by atoms with Crippen LogP contribution < -0.4 is 5.32 Å². The van der Waals surface area contributed by atoms with E-state index in [9.17, 15) is 9.59 Å². The lowest BCUT2D eigenvalue weighted by atomic mass is 10.0. The zero-order chi connectivity index (χ0) is 16.7.